The monoisotopic (exact) mass is 192 g/mol. The molecule has 0 unspecified atom stereocenters. The number of hydrogen-bond acceptors (Lipinski definition) is 2. The number of ether oxygens (including phenoxy) is 1. The van der Waals surface area contributed by atoms with Crippen molar-refractivity contribution in [3.8, 4) is 0 Å². The van der Waals surface area contributed by atoms with E-state index in [1.807, 2.05) is 44.2 Å². The Labute approximate surface area is 84.9 Å². The molecule has 0 heterocycles. The van der Waals surface area contributed by atoms with Crippen LogP contribution in [0.5, 0.6) is 0 Å². The molecular formula is C12H16O2. The van der Waals surface area contributed by atoms with Crippen molar-refractivity contribution in [2.24, 2.45) is 5.92 Å². The second-order valence-electron chi connectivity index (χ2n) is 3.51. The summed E-state index contributed by atoms with van der Waals surface area (Å²) in [5, 5.41) is 0. The molecule has 2 atom stereocenters. The van der Waals surface area contributed by atoms with Gasteiger partial charge in [0.2, 0.25) is 0 Å². The van der Waals surface area contributed by atoms with Gasteiger partial charge in [0.05, 0.1) is 13.0 Å². The van der Waals surface area contributed by atoms with E-state index in [4.69, 9.17) is 4.74 Å². The second kappa shape index (κ2) is 4.80. The maximum atomic E-state index is 11.3. The molecule has 76 valence electrons. The topological polar surface area (TPSA) is 26.3 Å². The van der Waals surface area contributed by atoms with Crippen LogP contribution in [-0.4, -0.2) is 13.1 Å². The summed E-state index contributed by atoms with van der Waals surface area (Å²) in [5.74, 6) is -0.0487. The third-order valence-electron chi connectivity index (χ3n) is 2.65. The van der Waals surface area contributed by atoms with Crippen LogP contribution in [0.2, 0.25) is 0 Å². The molecule has 0 aliphatic heterocycles. The van der Waals surface area contributed by atoms with Crippen molar-refractivity contribution < 1.29 is 9.53 Å². The largest absolute Gasteiger partial charge is 0.469 e. The van der Waals surface area contributed by atoms with E-state index < -0.39 is 0 Å². The van der Waals surface area contributed by atoms with Crippen molar-refractivity contribution in [1.82, 2.24) is 0 Å². The van der Waals surface area contributed by atoms with Crippen molar-refractivity contribution in [2.75, 3.05) is 7.11 Å². The van der Waals surface area contributed by atoms with Gasteiger partial charge in [-0.2, -0.15) is 0 Å². The van der Waals surface area contributed by atoms with Crippen LogP contribution in [0.4, 0.5) is 0 Å². The van der Waals surface area contributed by atoms with Gasteiger partial charge in [-0.3, -0.25) is 4.79 Å². The first kappa shape index (κ1) is 10.8. The number of hydrogen-bond donors (Lipinski definition) is 0. The molecule has 1 aromatic carbocycles. The molecule has 0 spiro atoms. The zero-order chi connectivity index (χ0) is 10.6. The smallest absolute Gasteiger partial charge is 0.308 e. The second-order valence-corrected chi connectivity index (χ2v) is 3.51. The normalized spacial score (nSPS) is 14.5. The molecule has 14 heavy (non-hydrogen) atoms. The highest BCUT2D eigenvalue weighted by Gasteiger charge is 2.21. The van der Waals surface area contributed by atoms with E-state index in [0.29, 0.717) is 0 Å². The van der Waals surface area contributed by atoms with E-state index in [9.17, 15) is 4.79 Å². The minimum Gasteiger partial charge on any atom is -0.469 e. The Bertz CT molecular complexity index is 292. The van der Waals surface area contributed by atoms with Gasteiger partial charge in [0.25, 0.3) is 0 Å². The van der Waals surface area contributed by atoms with Crippen LogP contribution in [-0.2, 0) is 9.53 Å². The fourth-order valence-corrected chi connectivity index (χ4v) is 1.44. The van der Waals surface area contributed by atoms with E-state index in [1.54, 1.807) is 0 Å². The third-order valence-corrected chi connectivity index (χ3v) is 2.65. The lowest BCUT2D eigenvalue weighted by atomic mass is 9.89. The van der Waals surface area contributed by atoms with Crippen molar-refractivity contribution in [3.63, 3.8) is 0 Å². The van der Waals surface area contributed by atoms with E-state index in [2.05, 4.69) is 0 Å². The molecule has 2 heteroatoms. The maximum Gasteiger partial charge on any atom is 0.308 e. The Morgan fingerprint density at radius 3 is 2.29 bits per heavy atom. The molecule has 1 rings (SSSR count). The van der Waals surface area contributed by atoms with Gasteiger partial charge < -0.3 is 4.74 Å². The van der Waals surface area contributed by atoms with E-state index in [1.165, 1.54) is 12.7 Å². The van der Waals surface area contributed by atoms with Crippen molar-refractivity contribution in [3.05, 3.63) is 35.9 Å². The first-order valence-corrected chi connectivity index (χ1v) is 4.79. The number of benzene rings is 1. The van der Waals surface area contributed by atoms with Crippen LogP contribution in [0.25, 0.3) is 0 Å². The van der Waals surface area contributed by atoms with Crippen LogP contribution in [0.3, 0.4) is 0 Å². The van der Waals surface area contributed by atoms with E-state index in [0.717, 1.165) is 0 Å². The van der Waals surface area contributed by atoms with Crippen molar-refractivity contribution in [2.45, 2.75) is 19.8 Å². The molecule has 0 bridgehead atoms. The fraction of sp³-hybridized carbons (Fsp3) is 0.417. The fourth-order valence-electron chi connectivity index (χ4n) is 1.44. The predicted octanol–water partition coefficient (Wildman–Crippen LogP) is 2.60. The zero-order valence-electron chi connectivity index (χ0n) is 8.86. The standard InChI is InChI=1S/C12H16O2/c1-9(10(2)12(13)14-3)11-7-5-4-6-8-11/h4-10H,1-3H3/t9-,10+/m1/s1. The van der Waals surface area contributed by atoms with Crippen LogP contribution < -0.4 is 0 Å². The molecule has 0 radical (unpaired) electrons. The summed E-state index contributed by atoms with van der Waals surface area (Å²) in [5.41, 5.74) is 1.17. The highest BCUT2D eigenvalue weighted by atomic mass is 16.5. The van der Waals surface area contributed by atoms with Gasteiger partial charge in [-0.25, -0.2) is 0 Å². The molecular weight excluding hydrogens is 176 g/mol. The maximum absolute atomic E-state index is 11.3. The Morgan fingerprint density at radius 2 is 1.79 bits per heavy atom. The SMILES string of the molecule is COC(=O)[C@@H](C)[C@@H](C)c1ccccc1. The van der Waals surface area contributed by atoms with Gasteiger partial charge in [0.15, 0.2) is 0 Å². The van der Waals surface area contributed by atoms with Gasteiger partial charge in [0.1, 0.15) is 0 Å². The molecule has 0 aliphatic carbocycles. The number of methoxy groups -OCH3 is 1. The molecule has 0 saturated heterocycles. The quantitative estimate of drug-likeness (QED) is 0.688. The third kappa shape index (κ3) is 2.34. The van der Waals surface area contributed by atoms with Gasteiger partial charge >= 0.3 is 5.97 Å². The van der Waals surface area contributed by atoms with Crippen molar-refractivity contribution >= 4 is 5.97 Å². The number of rotatable bonds is 3. The highest BCUT2D eigenvalue weighted by molar-refractivity contribution is 5.73. The molecule has 0 aromatic heterocycles. The summed E-state index contributed by atoms with van der Waals surface area (Å²) in [6.45, 7) is 3.93. The minimum atomic E-state index is -0.152. The minimum absolute atomic E-state index is 0.0950. The summed E-state index contributed by atoms with van der Waals surface area (Å²) < 4.78 is 4.72. The molecule has 0 fully saturated rings. The average molecular weight is 192 g/mol. The molecule has 1 aromatic rings. The number of carbonyl (C=O) groups excluding carboxylic acids is 1. The Kier molecular flexibility index (Phi) is 3.69. The summed E-state index contributed by atoms with van der Waals surface area (Å²) >= 11 is 0. The van der Waals surface area contributed by atoms with Gasteiger partial charge in [-0.1, -0.05) is 44.2 Å². The Balaban J connectivity index is 2.75. The molecule has 2 nitrogen and oxygen atoms in total. The van der Waals surface area contributed by atoms with E-state index >= 15 is 0 Å². The Morgan fingerprint density at radius 1 is 1.21 bits per heavy atom. The van der Waals surface area contributed by atoms with Gasteiger partial charge in [-0.05, 0) is 11.5 Å². The molecule has 0 saturated carbocycles. The van der Waals surface area contributed by atoms with Crippen LogP contribution in [0.1, 0.15) is 25.3 Å². The zero-order valence-corrected chi connectivity index (χ0v) is 8.86. The molecule has 0 aliphatic rings. The lowest BCUT2D eigenvalue weighted by molar-refractivity contribution is -0.145. The van der Waals surface area contributed by atoms with Crippen LogP contribution in [0, 0.1) is 5.92 Å². The van der Waals surface area contributed by atoms with Crippen LogP contribution in [0.15, 0.2) is 30.3 Å². The molecule has 0 N–H and O–H groups in total. The van der Waals surface area contributed by atoms with Gasteiger partial charge in [0, 0.05) is 0 Å². The van der Waals surface area contributed by atoms with Crippen LogP contribution >= 0.6 is 0 Å². The lowest BCUT2D eigenvalue weighted by Crippen LogP contribution is -2.18. The highest BCUT2D eigenvalue weighted by Crippen LogP contribution is 2.24. The summed E-state index contributed by atoms with van der Waals surface area (Å²) in [6, 6.07) is 10.00. The predicted molar refractivity (Wildman–Crippen MR) is 56.0 cm³/mol. The Hall–Kier alpha value is -1.31. The number of esters is 1. The van der Waals surface area contributed by atoms with E-state index in [-0.39, 0.29) is 17.8 Å². The number of carbonyl (C=O) groups is 1. The summed E-state index contributed by atoms with van der Waals surface area (Å²) in [4.78, 5) is 11.3. The van der Waals surface area contributed by atoms with Crippen molar-refractivity contribution in [1.29, 1.82) is 0 Å². The van der Waals surface area contributed by atoms with Gasteiger partial charge in [-0.15, -0.1) is 0 Å². The summed E-state index contributed by atoms with van der Waals surface area (Å²) in [7, 11) is 1.43. The first-order valence-electron chi connectivity index (χ1n) is 4.79. The average Bonchev–Trinajstić information content (AvgIpc) is 2.27. The molecule has 0 amide bonds. The first-order chi connectivity index (χ1) is 6.66. The summed E-state index contributed by atoms with van der Waals surface area (Å²) in [6.07, 6.45) is 0. The lowest BCUT2D eigenvalue weighted by Gasteiger charge is -2.17.